The van der Waals surface area contributed by atoms with Gasteiger partial charge in [0.05, 0.1) is 31.3 Å². The molecule has 0 aromatic heterocycles. The highest BCUT2D eigenvalue weighted by Crippen LogP contribution is 2.43. The molecule has 0 amide bonds. The maximum absolute atomic E-state index is 13.8. The third kappa shape index (κ3) is 7.26. The molecular weight excluding hydrogens is 591 g/mol. The molecule has 7 rings (SSSR count). The molecule has 47 heavy (non-hydrogen) atoms. The van der Waals surface area contributed by atoms with Gasteiger partial charge < -0.3 is 19.7 Å². The zero-order valence-electron chi connectivity index (χ0n) is 27.7. The number of carbonyl (C=O) groups is 1. The molecule has 1 aliphatic heterocycles. The predicted octanol–water partition coefficient (Wildman–Crippen LogP) is 7.77. The van der Waals surface area contributed by atoms with Crippen molar-refractivity contribution in [2.45, 2.75) is 89.1 Å². The van der Waals surface area contributed by atoms with Crippen molar-refractivity contribution in [2.75, 3.05) is 13.2 Å². The highest BCUT2D eigenvalue weighted by molar-refractivity contribution is 6.03. The zero-order chi connectivity index (χ0) is 33.3. The average molecular weight is 637 g/mol. The van der Waals surface area contributed by atoms with Gasteiger partial charge in [-0.1, -0.05) is 85.3 Å². The number of rotatable bonds is 5. The molecule has 0 radical (unpaired) electrons. The van der Waals surface area contributed by atoms with Crippen LogP contribution in [0.15, 0.2) is 84.9 Å². The standard InChI is InChI=1S/C21H21FO3.C20H24O2/c1-21(2)24-12-16(25-21)11-19-17-6-4-3-5-13(17)9-14-7-8-15(22)10-18(14)20(19)23;1-13-7-8-16-10-15-5-3-4-6-18(15)20(11-17(22)12-21)14(2)19(16)9-13/h3-8,10,16,19H,9,11-12H2,1-2H3;3-9,14,17,20-22H,10-12H2,1-2H3/t16-,19-;14-,17+,20-/m01/s1. The molecule has 3 aliphatic rings. The Labute approximate surface area is 277 Å². The highest BCUT2D eigenvalue weighted by Gasteiger charge is 2.38. The van der Waals surface area contributed by atoms with E-state index >= 15 is 0 Å². The average Bonchev–Trinajstić information content (AvgIpc) is 3.30. The molecule has 0 spiro atoms. The third-order valence-electron chi connectivity index (χ3n) is 10.00. The smallest absolute Gasteiger partial charge is 0.170 e. The Kier molecular flexibility index (Phi) is 9.77. The van der Waals surface area contributed by atoms with Crippen molar-refractivity contribution in [3.8, 4) is 0 Å². The number of aliphatic hydroxyl groups is 2. The maximum Gasteiger partial charge on any atom is 0.170 e. The minimum absolute atomic E-state index is 0.0345. The van der Waals surface area contributed by atoms with E-state index in [0.717, 1.165) is 23.1 Å². The van der Waals surface area contributed by atoms with E-state index in [1.54, 1.807) is 6.07 Å². The summed E-state index contributed by atoms with van der Waals surface area (Å²) in [6.07, 6.45) is 1.92. The highest BCUT2D eigenvalue weighted by atomic mass is 19.1. The first kappa shape index (κ1) is 33.2. The van der Waals surface area contributed by atoms with Crippen molar-refractivity contribution in [3.63, 3.8) is 0 Å². The molecule has 2 aliphatic carbocycles. The van der Waals surface area contributed by atoms with Crippen molar-refractivity contribution in [2.24, 2.45) is 0 Å². The normalized spacial score (nSPS) is 23.2. The molecule has 246 valence electrons. The van der Waals surface area contributed by atoms with Crippen LogP contribution in [0.5, 0.6) is 0 Å². The monoisotopic (exact) mass is 636 g/mol. The molecule has 5 atom stereocenters. The summed E-state index contributed by atoms with van der Waals surface area (Å²) in [5, 5.41) is 19.3. The molecule has 2 N–H and O–H groups in total. The summed E-state index contributed by atoms with van der Waals surface area (Å²) in [7, 11) is 0. The van der Waals surface area contributed by atoms with Gasteiger partial charge in [-0.2, -0.15) is 0 Å². The number of Topliss-reactive ketones (excluding diaryl/α,β-unsaturated/α-hetero) is 1. The SMILES string of the molecule is CC1(C)OC[C@H](C[C@@H]2C(=O)c3cc(F)ccc3Cc3ccccc32)O1.Cc1ccc2c(c1)[C@@H](C)[C@@H](C[C@H](O)CO)c1ccccc1C2. The van der Waals surface area contributed by atoms with Crippen molar-refractivity contribution >= 4 is 5.78 Å². The minimum atomic E-state index is -0.660. The Morgan fingerprint density at radius 1 is 0.872 bits per heavy atom. The lowest BCUT2D eigenvalue weighted by Gasteiger charge is -2.27. The van der Waals surface area contributed by atoms with Crippen LogP contribution in [0.2, 0.25) is 0 Å². The number of benzene rings is 4. The van der Waals surface area contributed by atoms with Crippen LogP contribution in [-0.4, -0.2) is 47.2 Å². The van der Waals surface area contributed by atoms with E-state index in [0.29, 0.717) is 37.4 Å². The number of aryl methyl sites for hydroxylation is 1. The number of ketones is 1. The van der Waals surface area contributed by atoms with Gasteiger partial charge in [-0.05, 0) is 109 Å². The molecule has 1 saturated heterocycles. The third-order valence-corrected chi connectivity index (χ3v) is 10.00. The number of aliphatic hydroxyl groups excluding tert-OH is 2. The van der Waals surface area contributed by atoms with Crippen LogP contribution in [0.25, 0.3) is 0 Å². The van der Waals surface area contributed by atoms with Crippen LogP contribution < -0.4 is 0 Å². The van der Waals surface area contributed by atoms with Gasteiger partial charge in [0.25, 0.3) is 0 Å². The fourth-order valence-corrected chi connectivity index (χ4v) is 7.62. The van der Waals surface area contributed by atoms with Crippen molar-refractivity contribution in [1.29, 1.82) is 0 Å². The van der Waals surface area contributed by atoms with E-state index in [2.05, 4.69) is 56.3 Å². The second-order valence-electron chi connectivity index (χ2n) is 13.8. The largest absolute Gasteiger partial charge is 0.394 e. The number of hydrogen-bond donors (Lipinski definition) is 2. The second kappa shape index (κ2) is 13.8. The van der Waals surface area contributed by atoms with Gasteiger partial charge in [0.2, 0.25) is 0 Å². The fourth-order valence-electron chi connectivity index (χ4n) is 7.62. The maximum atomic E-state index is 13.8. The van der Waals surface area contributed by atoms with E-state index in [1.807, 2.05) is 38.1 Å². The van der Waals surface area contributed by atoms with Gasteiger partial charge in [0.1, 0.15) is 5.82 Å². The van der Waals surface area contributed by atoms with Crippen LogP contribution in [0.4, 0.5) is 4.39 Å². The molecule has 6 heteroatoms. The molecule has 4 aromatic carbocycles. The Balaban J connectivity index is 0.000000166. The lowest BCUT2D eigenvalue weighted by molar-refractivity contribution is -0.139. The Morgan fingerprint density at radius 2 is 1.51 bits per heavy atom. The van der Waals surface area contributed by atoms with Gasteiger partial charge in [0.15, 0.2) is 11.6 Å². The molecule has 0 unspecified atom stereocenters. The van der Waals surface area contributed by atoms with Crippen LogP contribution >= 0.6 is 0 Å². The number of fused-ring (bicyclic) bond motifs is 4. The number of halogens is 1. The van der Waals surface area contributed by atoms with Crippen LogP contribution in [-0.2, 0) is 22.3 Å². The molecule has 5 nitrogen and oxygen atoms in total. The van der Waals surface area contributed by atoms with E-state index in [1.165, 1.54) is 39.9 Å². The van der Waals surface area contributed by atoms with E-state index in [4.69, 9.17) is 9.47 Å². The number of hydrogen-bond acceptors (Lipinski definition) is 5. The lowest BCUT2D eigenvalue weighted by atomic mass is 9.79. The lowest BCUT2D eigenvalue weighted by Crippen LogP contribution is -2.24. The molecular formula is C41H45FO5. The molecule has 1 fully saturated rings. The van der Waals surface area contributed by atoms with Crippen LogP contribution in [0, 0.1) is 12.7 Å². The van der Waals surface area contributed by atoms with E-state index < -0.39 is 11.9 Å². The fraction of sp³-hybridized carbons (Fsp3) is 0.390. The van der Waals surface area contributed by atoms with Gasteiger partial charge in [-0.15, -0.1) is 0 Å². The topological polar surface area (TPSA) is 76.0 Å². The summed E-state index contributed by atoms with van der Waals surface area (Å²) >= 11 is 0. The van der Waals surface area contributed by atoms with Gasteiger partial charge in [0, 0.05) is 5.56 Å². The van der Waals surface area contributed by atoms with Crippen molar-refractivity contribution in [1.82, 2.24) is 0 Å². The molecule has 4 aromatic rings. The number of ether oxygens (including phenoxy) is 2. The first-order valence-electron chi connectivity index (χ1n) is 16.7. The van der Waals surface area contributed by atoms with Crippen molar-refractivity contribution in [3.05, 3.63) is 141 Å². The van der Waals surface area contributed by atoms with Gasteiger partial charge in [-0.25, -0.2) is 4.39 Å². The summed E-state index contributed by atoms with van der Waals surface area (Å²) in [4.78, 5) is 13.2. The summed E-state index contributed by atoms with van der Waals surface area (Å²) in [5.74, 6) is -0.809. The Bertz CT molecular complexity index is 1750. The summed E-state index contributed by atoms with van der Waals surface area (Å²) in [5.41, 5.74) is 10.2. The summed E-state index contributed by atoms with van der Waals surface area (Å²) in [6, 6.07) is 27.7. The second-order valence-corrected chi connectivity index (χ2v) is 13.8. The minimum Gasteiger partial charge on any atom is -0.394 e. The first-order valence-corrected chi connectivity index (χ1v) is 16.7. The Hall–Kier alpha value is -3.68. The van der Waals surface area contributed by atoms with Crippen LogP contribution in [0.1, 0.15) is 106 Å². The first-order chi connectivity index (χ1) is 22.5. The van der Waals surface area contributed by atoms with Crippen LogP contribution in [0.3, 0.4) is 0 Å². The number of carbonyl (C=O) groups excluding carboxylic acids is 1. The Morgan fingerprint density at radius 3 is 2.21 bits per heavy atom. The van der Waals surface area contributed by atoms with E-state index in [9.17, 15) is 19.4 Å². The molecule has 0 bridgehead atoms. The summed E-state index contributed by atoms with van der Waals surface area (Å²) < 4.78 is 25.3. The predicted molar refractivity (Wildman–Crippen MR) is 182 cm³/mol. The van der Waals surface area contributed by atoms with E-state index in [-0.39, 0.29) is 36.1 Å². The quantitative estimate of drug-likeness (QED) is 0.234. The zero-order valence-corrected chi connectivity index (χ0v) is 27.7. The van der Waals surface area contributed by atoms with Crippen molar-refractivity contribution < 1.29 is 28.9 Å². The molecule has 1 heterocycles. The van der Waals surface area contributed by atoms with Gasteiger partial charge in [-0.3, -0.25) is 4.79 Å². The molecule has 0 saturated carbocycles. The van der Waals surface area contributed by atoms with Gasteiger partial charge >= 0.3 is 0 Å². The summed E-state index contributed by atoms with van der Waals surface area (Å²) in [6.45, 7) is 8.42.